The molecular formula is C17H17ClO2. The standard InChI is InChI=1S/C17H17ClO2/c1-11-4-6-14(7-5-11)16(19)10-20-17-12(2)8-15(18)9-13(17)3/h4-9H,10H2,1-3H3. The molecule has 0 aromatic heterocycles. The minimum absolute atomic E-state index is 0.0289. The summed E-state index contributed by atoms with van der Waals surface area (Å²) >= 11 is 5.97. The summed E-state index contributed by atoms with van der Waals surface area (Å²) in [5.74, 6) is 0.702. The van der Waals surface area contributed by atoms with Crippen molar-refractivity contribution in [1.82, 2.24) is 0 Å². The zero-order valence-corrected chi connectivity index (χ0v) is 12.6. The third kappa shape index (κ3) is 3.40. The van der Waals surface area contributed by atoms with Gasteiger partial charge >= 0.3 is 0 Å². The van der Waals surface area contributed by atoms with E-state index in [4.69, 9.17) is 16.3 Å². The van der Waals surface area contributed by atoms with Crippen LogP contribution in [0, 0.1) is 20.8 Å². The predicted molar refractivity (Wildman–Crippen MR) is 81.9 cm³/mol. The van der Waals surface area contributed by atoms with Crippen LogP contribution in [0.3, 0.4) is 0 Å². The molecule has 2 aromatic rings. The molecule has 0 radical (unpaired) electrons. The SMILES string of the molecule is Cc1ccc(C(=O)COc2c(C)cc(Cl)cc2C)cc1. The lowest BCUT2D eigenvalue weighted by molar-refractivity contribution is 0.0920. The van der Waals surface area contributed by atoms with E-state index in [1.54, 1.807) is 0 Å². The molecule has 20 heavy (non-hydrogen) atoms. The van der Waals surface area contributed by atoms with Gasteiger partial charge in [-0.3, -0.25) is 4.79 Å². The van der Waals surface area contributed by atoms with Gasteiger partial charge in [0.25, 0.3) is 0 Å². The fourth-order valence-electron chi connectivity index (χ4n) is 2.09. The van der Waals surface area contributed by atoms with Crippen molar-refractivity contribution in [1.29, 1.82) is 0 Å². The van der Waals surface area contributed by atoms with Crippen molar-refractivity contribution in [2.45, 2.75) is 20.8 Å². The fraction of sp³-hybridized carbons (Fsp3) is 0.235. The zero-order chi connectivity index (χ0) is 14.7. The molecule has 0 spiro atoms. The van der Waals surface area contributed by atoms with Crippen LogP contribution in [0.1, 0.15) is 27.0 Å². The van der Waals surface area contributed by atoms with Crippen LogP contribution in [0.5, 0.6) is 5.75 Å². The van der Waals surface area contributed by atoms with Crippen LogP contribution >= 0.6 is 11.6 Å². The molecule has 104 valence electrons. The van der Waals surface area contributed by atoms with E-state index in [9.17, 15) is 4.79 Å². The van der Waals surface area contributed by atoms with Gasteiger partial charge in [0.1, 0.15) is 5.75 Å². The van der Waals surface area contributed by atoms with Gasteiger partial charge in [0.2, 0.25) is 0 Å². The van der Waals surface area contributed by atoms with Crippen LogP contribution in [-0.2, 0) is 0 Å². The maximum absolute atomic E-state index is 12.1. The van der Waals surface area contributed by atoms with Crippen LogP contribution in [0.2, 0.25) is 5.02 Å². The smallest absolute Gasteiger partial charge is 0.200 e. The lowest BCUT2D eigenvalue weighted by Gasteiger charge is -2.12. The third-order valence-electron chi connectivity index (χ3n) is 3.15. The molecule has 2 aromatic carbocycles. The molecule has 0 fully saturated rings. The van der Waals surface area contributed by atoms with E-state index in [-0.39, 0.29) is 12.4 Å². The van der Waals surface area contributed by atoms with Gasteiger partial charge in [0.05, 0.1) is 0 Å². The van der Waals surface area contributed by atoms with E-state index in [0.717, 1.165) is 22.4 Å². The van der Waals surface area contributed by atoms with Gasteiger partial charge in [-0.15, -0.1) is 0 Å². The van der Waals surface area contributed by atoms with Gasteiger partial charge in [-0.2, -0.15) is 0 Å². The summed E-state index contributed by atoms with van der Waals surface area (Å²) in [6.07, 6.45) is 0. The molecule has 2 nitrogen and oxygen atoms in total. The molecular weight excluding hydrogens is 272 g/mol. The minimum atomic E-state index is -0.0289. The van der Waals surface area contributed by atoms with Crippen LogP contribution in [0.4, 0.5) is 0 Å². The van der Waals surface area contributed by atoms with Crippen LogP contribution in [0.25, 0.3) is 0 Å². The second-order valence-electron chi connectivity index (χ2n) is 4.95. The van der Waals surface area contributed by atoms with Crippen molar-refractivity contribution in [3.63, 3.8) is 0 Å². The molecule has 0 N–H and O–H groups in total. The normalized spacial score (nSPS) is 10.4. The number of ether oxygens (including phenoxy) is 1. The van der Waals surface area contributed by atoms with Gasteiger partial charge in [0.15, 0.2) is 12.4 Å². The van der Waals surface area contributed by atoms with Gasteiger partial charge in [-0.25, -0.2) is 0 Å². The Morgan fingerprint density at radius 3 is 2.15 bits per heavy atom. The maximum Gasteiger partial charge on any atom is 0.200 e. The molecule has 0 unspecified atom stereocenters. The number of hydrogen-bond acceptors (Lipinski definition) is 2. The summed E-state index contributed by atoms with van der Waals surface area (Å²) in [5.41, 5.74) is 3.67. The largest absolute Gasteiger partial charge is 0.485 e. The predicted octanol–water partition coefficient (Wildman–Crippen LogP) is 4.53. The molecule has 2 rings (SSSR count). The number of rotatable bonds is 4. The number of hydrogen-bond donors (Lipinski definition) is 0. The van der Waals surface area contributed by atoms with E-state index < -0.39 is 0 Å². The van der Waals surface area contributed by atoms with Gasteiger partial charge < -0.3 is 4.74 Å². The monoisotopic (exact) mass is 288 g/mol. The van der Waals surface area contributed by atoms with Gasteiger partial charge in [-0.1, -0.05) is 41.4 Å². The number of carbonyl (C=O) groups is 1. The molecule has 0 heterocycles. The highest BCUT2D eigenvalue weighted by Crippen LogP contribution is 2.27. The van der Waals surface area contributed by atoms with Crippen molar-refractivity contribution in [3.8, 4) is 5.75 Å². The summed E-state index contributed by atoms with van der Waals surface area (Å²) < 4.78 is 5.66. The Bertz CT molecular complexity index is 607. The summed E-state index contributed by atoms with van der Waals surface area (Å²) in [6, 6.07) is 11.2. The van der Waals surface area contributed by atoms with E-state index >= 15 is 0 Å². The first-order chi connectivity index (χ1) is 9.47. The zero-order valence-electron chi connectivity index (χ0n) is 11.9. The summed E-state index contributed by atoms with van der Waals surface area (Å²) in [5, 5.41) is 0.678. The second kappa shape index (κ2) is 6.10. The van der Waals surface area contributed by atoms with Crippen molar-refractivity contribution >= 4 is 17.4 Å². The highest BCUT2D eigenvalue weighted by atomic mass is 35.5. The van der Waals surface area contributed by atoms with Crippen LogP contribution < -0.4 is 4.74 Å². The Morgan fingerprint density at radius 2 is 1.60 bits per heavy atom. The number of ketones is 1. The number of aryl methyl sites for hydroxylation is 3. The Morgan fingerprint density at radius 1 is 1.05 bits per heavy atom. The van der Waals surface area contributed by atoms with Crippen molar-refractivity contribution in [2.24, 2.45) is 0 Å². The quantitative estimate of drug-likeness (QED) is 0.773. The lowest BCUT2D eigenvalue weighted by Crippen LogP contribution is -2.12. The molecule has 0 bridgehead atoms. The summed E-state index contributed by atoms with van der Waals surface area (Å²) in [7, 11) is 0. The molecule has 0 aliphatic carbocycles. The summed E-state index contributed by atoms with van der Waals surface area (Å²) in [6.45, 7) is 5.87. The number of Topliss-reactive ketones (excluding diaryl/α,β-unsaturated/α-hetero) is 1. The van der Waals surface area contributed by atoms with Gasteiger partial charge in [-0.05, 0) is 44.0 Å². The maximum atomic E-state index is 12.1. The van der Waals surface area contributed by atoms with E-state index in [1.807, 2.05) is 57.2 Å². The van der Waals surface area contributed by atoms with Crippen molar-refractivity contribution < 1.29 is 9.53 Å². The van der Waals surface area contributed by atoms with E-state index in [2.05, 4.69) is 0 Å². The minimum Gasteiger partial charge on any atom is -0.485 e. The van der Waals surface area contributed by atoms with Crippen molar-refractivity contribution in [3.05, 3.63) is 63.7 Å². The average Bonchev–Trinajstić information content (AvgIpc) is 2.38. The Labute approximate surface area is 124 Å². The molecule has 3 heteroatoms. The van der Waals surface area contributed by atoms with Crippen LogP contribution in [0.15, 0.2) is 36.4 Å². The molecule has 0 atom stereocenters. The van der Waals surface area contributed by atoms with E-state index in [0.29, 0.717) is 10.6 Å². The molecule has 0 aliphatic rings. The number of halogens is 1. The molecule has 0 amide bonds. The van der Waals surface area contributed by atoms with E-state index in [1.165, 1.54) is 0 Å². The topological polar surface area (TPSA) is 26.3 Å². The average molecular weight is 289 g/mol. The Kier molecular flexibility index (Phi) is 4.46. The molecule has 0 saturated carbocycles. The fourth-order valence-corrected chi connectivity index (χ4v) is 2.41. The highest BCUT2D eigenvalue weighted by Gasteiger charge is 2.10. The highest BCUT2D eigenvalue weighted by molar-refractivity contribution is 6.30. The first-order valence-electron chi connectivity index (χ1n) is 6.47. The first kappa shape index (κ1) is 14.6. The number of carbonyl (C=O) groups excluding carboxylic acids is 1. The molecule has 0 aliphatic heterocycles. The lowest BCUT2D eigenvalue weighted by atomic mass is 10.1. The molecule has 0 saturated heterocycles. The Balaban J connectivity index is 2.09. The third-order valence-corrected chi connectivity index (χ3v) is 3.36. The second-order valence-corrected chi connectivity index (χ2v) is 5.38. The summed E-state index contributed by atoms with van der Waals surface area (Å²) in [4.78, 5) is 12.1. The van der Waals surface area contributed by atoms with Crippen LogP contribution in [-0.4, -0.2) is 12.4 Å². The number of benzene rings is 2. The van der Waals surface area contributed by atoms with Gasteiger partial charge in [0, 0.05) is 10.6 Å². The first-order valence-corrected chi connectivity index (χ1v) is 6.84. The van der Waals surface area contributed by atoms with Crippen molar-refractivity contribution in [2.75, 3.05) is 6.61 Å². The Hall–Kier alpha value is -1.80.